The molecule has 0 fully saturated rings. The van der Waals surface area contributed by atoms with Gasteiger partial charge in [-0.3, -0.25) is 0 Å². The van der Waals surface area contributed by atoms with Crippen LogP contribution in [0.15, 0.2) is 18.3 Å². The van der Waals surface area contributed by atoms with Gasteiger partial charge in [0.2, 0.25) is 0 Å². The molecule has 2 N–H and O–H groups in total. The Hall–Kier alpha value is -1.42. The van der Waals surface area contributed by atoms with Crippen LogP contribution in [0.2, 0.25) is 0 Å². The van der Waals surface area contributed by atoms with Gasteiger partial charge in [0.25, 0.3) is 0 Å². The van der Waals surface area contributed by atoms with Crippen molar-refractivity contribution in [3.63, 3.8) is 0 Å². The highest BCUT2D eigenvalue weighted by molar-refractivity contribution is 5.41. The molecule has 0 aliphatic rings. The van der Waals surface area contributed by atoms with E-state index in [4.69, 9.17) is 5.73 Å². The first-order chi connectivity index (χ1) is 6.70. The summed E-state index contributed by atoms with van der Waals surface area (Å²) >= 11 is 0. The molecule has 2 rings (SSSR count). The van der Waals surface area contributed by atoms with Crippen LogP contribution in [0.5, 0.6) is 0 Å². The Morgan fingerprint density at radius 1 is 1.57 bits per heavy atom. The Morgan fingerprint density at radius 2 is 2.36 bits per heavy atom. The Bertz CT molecular complexity index is 446. The minimum absolute atomic E-state index is 0.372. The molecule has 0 bridgehead atoms. The van der Waals surface area contributed by atoms with Crippen LogP contribution < -0.4 is 5.73 Å². The van der Waals surface area contributed by atoms with Crippen molar-refractivity contribution < 1.29 is 0 Å². The van der Waals surface area contributed by atoms with Gasteiger partial charge in [-0.05, 0) is 37.1 Å². The third-order valence-corrected chi connectivity index (χ3v) is 2.39. The fourth-order valence-corrected chi connectivity index (χ4v) is 1.45. The number of pyridine rings is 1. The first kappa shape index (κ1) is 9.15. The van der Waals surface area contributed by atoms with Gasteiger partial charge >= 0.3 is 0 Å². The predicted molar refractivity (Wildman–Crippen MR) is 55.2 cm³/mol. The summed E-state index contributed by atoms with van der Waals surface area (Å²) in [5.41, 5.74) is 7.71. The SMILES string of the molecule is Cc1nc2cc(C(C)CN)ccn2n1. The van der Waals surface area contributed by atoms with Crippen LogP contribution >= 0.6 is 0 Å². The van der Waals surface area contributed by atoms with Crippen molar-refractivity contribution in [3.05, 3.63) is 29.7 Å². The third-order valence-electron chi connectivity index (χ3n) is 2.39. The van der Waals surface area contributed by atoms with E-state index in [1.807, 2.05) is 25.3 Å². The molecule has 2 aromatic heterocycles. The highest BCUT2D eigenvalue weighted by Gasteiger charge is 2.05. The van der Waals surface area contributed by atoms with Gasteiger partial charge in [-0.25, -0.2) is 9.50 Å². The number of aromatic nitrogens is 3. The number of fused-ring (bicyclic) bond motifs is 1. The molecule has 0 aliphatic heterocycles. The standard InChI is InChI=1S/C10H14N4/c1-7(6-11)9-3-4-14-10(5-9)12-8(2)13-14/h3-5,7H,6,11H2,1-2H3. The summed E-state index contributed by atoms with van der Waals surface area (Å²) in [7, 11) is 0. The molecule has 0 saturated carbocycles. The average Bonchev–Trinajstić information content (AvgIpc) is 2.55. The molecular formula is C10H14N4. The fraction of sp³-hybridized carbons (Fsp3) is 0.400. The monoisotopic (exact) mass is 190 g/mol. The fourth-order valence-electron chi connectivity index (χ4n) is 1.45. The molecule has 2 aromatic rings. The van der Waals surface area contributed by atoms with E-state index in [1.54, 1.807) is 4.52 Å². The van der Waals surface area contributed by atoms with Crippen LogP contribution in [0.25, 0.3) is 5.65 Å². The molecule has 2 heterocycles. The van der Waals surface area contributed by atoms with E-state index in [0.717, 1.165) is 11.5 Å². The van der Waals surface area contributed by atoms with Gasteiger partial charge in [0, 0.05) is 6.20 Å². The Morgan fingerprint density at radius 3 is 3.07 bits per heavy atom. The van der Waals surface area contributed by atoms with Gasteiger partial charge < -0.3 is 5.73 Å². The van der Waals surface area contributed by atoms with E-state index in [2.05, 4.69) is 17.0 Å². The van der Waals surface area contributed by atoms with Crippen LogP contribution in [0.3, 0.4) is 0 Å². The second kappa shape index (κ2) is 3.38. The van der Waals surface area contributed by atoms with Crippen molar-refractivity contribution >= 4 is 5.65 Å². The van der Waals surface area contributed by atoms with Crippen LogP contribution in [-0.4, -0.2) is 21.1 Å². The summed E-state index contributed by atoms with van der Waals surface area (Å²) in [5.74, 6) is 1.17. The number of rotatable bonds is 2. The van der Waals surface area contributed by atoms with Crippen LogP contribution in [0.4, 0.5) is 0 Å². The summed E-state index contributed by atoms with van der Waals surface area (Å²) in [6, 6.07) is 4.08. The number of hydrogen-bond acceptors (Lipinski definition) is 3. The molecule has 0 amide bonds. The van der Waals surface area contributed by atoms with Gasteiger partial charge in [0.1, 0.15) is 5.82 Å². The zero-order valence-electron chi connectivity index (χ0n) is 8.44. The molecule has 0 aromatic carbocycles. The maximum absolute atomic E-state index is 5.61. The molecule has 4 heteroatoms. The first-order valence-corrected chi connectivity index (χ1v) is 4.73. The maximum atomic E-state index is 5.61. The van der Waals surface area contributed by atoms with Gasteiger partial charge in [0.15, 0.2) is 5.65 Å². The molecule has 0 aliphatic carbocycles. The largest absolute Gasteiger partial charge is 0.330 e. The van der Waals surface area contributed by atoms with Crippen molar-refractivity contribution in [1.82, 2.24) is 14.6 Å². The summed E-state index contributed by atoms with van der Waals surface area (Å²) in [4.78, 5) is 4.30. The highest BCUT2D eigenvalue weighted by Crippen LogP contribution is 2.14. The quantitative estimate of drug-likeness (QED) is 0.771. The molecule has 0 saturated heterocycles. The van der Waals surface area contributed by atoms with E-state index < -0.39 is 0 Å². The average molecular weight is 190 g/mol. The van der Waals surface area contributed by atoms with Gasteiger partial charge in [-0.2, -0.15) is 5.10 Å². The first-order valence-electron chi connectivity index (χ1n) is 4.73. The summed E-state index contributed by atoms with van der Waals surface area (Å²) < 4.78 is 1.78. The predicted octanol–water partition coefficient (Wildman–Crippen LogP) is 1.10. The van der Waals surface area contributed by atoms with Crippen molar-refractivity contribution in [1.29, 1.82) is 0 Å². The minimum atomic E-state index is 0.372. The second-order valence-electron chi connectivity index (χ2n) is 3.56. The highest BCUT2D eigenvalue weighted by atomic mass is 15.3. The zero-order chi connectivity index (χ0) is 10.1. The Balaban J connectivity index is 2.50. The van der Waals surface area contributed by atoms with Crippen molar-refractivity contribution in [2.45, 2.75) is 19.8 Å². The van der Waals surface area contributed by atoms with Crippen molar-refractivity contribution in [2.75, 3.05) is 6.54 Å². The molecule has 74 valence electrons. The van der Waals surface area contributed by atoms with Crippen molar-refractivity contribution in [3.8, 4) is 0 Å². The number of aryl methyl sites for hydroxylation is 1. The molecule has 0 spiro atoms. The summed E-state index contributed by atoms with van der Waals surface area (Å²) in [6.45, 7) is 4.65. The van der Waals surface area contributed by atoms with E-state index in [1.165, 1.54) is 5.56 Å². The molecule has 0 radical (unpaired) electrons. The smallest absolute Gasteiger partial charge is 0.155 e. The van der Waals surface area contributed by atoms with E-state index in [0.29, 0.717) is 12.5 Å². The molecule has 1 unspecified atom stereocenters. The van der Waals surface area contributed by atoms with E-state index in [9.17, 15) is 0 Å². The maximum Gasteiger partial charge on any atom is 0.155 e. The Kier molecular flexibility index (Phi) is 2.21. The third kappa shape index (κ3) is 1.48. The molecule has 1 atom stereocenters. The van der Waals surface area contributed by atoms with Crippen LogP contribution in [0, 0.1) is 6.92 Å². The zero-order valence-corrected chi connectivity index (χ0v) is 8.44. The van der Waals surface area contributed by atoms with Gasteiger partial charge in [0.05, 0.1) is 0 Å². The minimum Gasteiger partial charge on any atom is -0.330 e. The lowest BCUT2D eigenvalue weighted by molar-refractivity contribution is 0.770. The summed E-state index contributed by atoms with van der Waals surface area (Å²) in [5, 5.41) is 4.21. The molecule has 4 nitrogen and oxygen atoms in total. The van der Waals surface area contributed by atoms with Gasteiger partial charge in [-0.1, -0.05) is 6.92 Å². The van der Waals surface area contributed by atoms with Crippen LogP contribution in [-0.2, 0) is 0 Å². The van der Waals surface area contributed by atoms with Crippen LogP contribution in [0.1, 0.15) is 24.2 Å². The lowest BCUT2D eigenvalue weighted by Crippen LogP contribution is -2.09. The van der Waals surface area contributed by atoms with Gasteiger partial charge in [-0.15, -0.1) is 0 Å². The van der Waals surface area contributed by atoms with E-state index >= 15 is 0 Å². The molecule has 14 heavy (non-hydrogen) atoms. The molecular weight excluding hydrogens is 176 g/mol. The number of hydrogen-bond donors (Lipinski definition) is 1. The van der Waals surface area contributed by atoms with Crippen molar-refractivity contribution in [2.24, 2.45) is 5.73 Å². The van der Waals surface area contributed by atoms with E-state index in [-0.39, 0.29) is 0 Å². The topological polar surface area (TPSA) is 56.2 Å². The number of nitrogens with two attached hydrogens (primary N) is 1. The summed E-state index contributed by atoms with van der Waals surface area (Å²) in [6.07, 6.45) is 1.93. The second-order valence-corrected chi connectivity index (χ2v) is 3.56. The Labute approximate surface area is 82.8 Å². The lowest BCUT2D eigenvalue weighted by atomic mass is 10.0. The normalized spacial score (nSPS) is 13.4. The number of nitrogens with zero attached hydrogens (tertiary/aromatic N) is 3. The lowest BCUT2D eigenvalue weighted by Gasteiger charge is -2.07.